The molecule has 1 aromatic rings. The SMILES string of the molecule is CCC(=O)N[C@@H]1C[C@@H](C(=O)N2CCN(c3cccc(Cl)c3)CC2)N(C)C1. The molecule has 0 spiro atoms. The highest BCUT2D eigenvalue weighted by atomic mass is 35.5. The lowest BCUT2D eigenvalue weighted by Crippen LogP contribution is -2.53. The number of carbonyl (C=O) groups excluding carboxylic acids is 2. The van der Waals surface area contributed by atoms with Crippen LogP contribution in [0.2, 0.25) is 5.02 Å². The van der Waals surface area contributed by atoms with Gasteiger partial charge in [0.15, 0.2) is 0 Å². The van der Waals surface area contributed by atoms with Gasteiger partial charge in [-0.3, -0.25) is 14.5 Å². The lowest BCUT2D eigenvalue weighted by atomic mass is 10.1. The van der Waals surface area contributed by atoms with Crippen LogP contribution in [0.4, 0.5) is 5.69 Å². The highest BCUT2D eigenvalue weighted by Crippen LogP contribution is 2.23. The van der Waals surface area contributed by atoms with Gasteiger partial charge in [0, 0.05) is 55.9 Å². The molecular weight excluding hydrogens is 352 g/mol. The third kappa shape index (κ3) is 4.30. The number of hydrogen-bond donors (Lipinski definition) is 1. The number of nitrogens with zero attached hydrogens (tertiary/aromatic N) is 3. The maximum Gasteiger partial charge on any atom is 0.240 e. The molecule has 26 heavy (non-hydrogen) atoms. The van der Waals surface area contributed by atoms with Gasteiger partial charge in [-0.2, -0.15) is 0 Å². The molecule has 2 aliphatic rings. The number of piperazine rings is 1. The van der Waals surface area contributed by atoms with Crippen LogP contribution in [0.15, 0.2) is 24.3 Å². The summed E-state index contributed by atoms with van der Waals surface area (Å²) in [5.74, 6) is 0.220. The van der Waals surface area contributed by atoms with Crippen LogP contribution in [0.1, 0.15) is 19.8 Å². The summed E-state index contributed by atoms with van der Waals surface area (Å²) in [4.78, 5) is 30.8. The van der Waals surface area contributed by atoms with Gasteiger partial charge >= 0.3 is 0 Å². The summed E-state index contributed by atoms with van der Waals surface area (Å²) in [5, 5.41) is 3.74. The second kappa shape index (κ2) is 8.27. The lowest BCUT2D eigenvalue weighted by molar-refractivity contribution is -0.136. The molecule has 0 aliphatic carbocycles. The van der Waals surface area contributed by atoms with Gasteiger partial charge in [-0.15, -0.1) is 0 Å². The van der Waals surface area contributed by atoms with E-state index in [1.165, 1.54) is 0 Å². The zero-order valence-electron chi connectivity index (χ0n) is 15.4. The van der Waals surface area contributed by atoms with E-state index in [0.29, 0.717) is 25.9 Å². The first-order chi connectivity index (χ1) is 12.5. The van der Waals surface area contributed by atoms with Gasteiger partial charge in [-0.25, -0.2) is 0 Å². The lowest BCUT2D eigenvalue weighted by Gasteiger charge is -2.38. The highest BCUT2D eigenvalue weighted by molar-refractivity contribution is 6.30. The molecular formula is C19H27ClN4O2. The Morgan fingerprint density at radius 3 is 2.62 bits per heavy atom. The minimum absolute atomic E-state index is 0.0478. The first-order valence-electron chi connectivity index (χ1n) is 9.27. The number of amides is 2. The van der Waals surface area contributed by atoms with Crippen LogP contribution in [0, 0.1) is 0 Å². The van der Waals surface area contributed by atoms with Gasteiger partial charge in [-0.1, -0.05) is 24.6 Å². The van der Waals surface area contributed by atoms with E-state index in [0.717, 1.165) is 30.3 Å². The van der Waals surface area contributed by atoms with Crippen molar-refractivity contribution in [2.75, 3.05) is 44.7 Å². The standard InChI is InChI=1S/C19H27ClN4O2/c1-3-18(25)21-15-12-17(22(2)13-15)19(26)24-9-7-23(8-10-24)16-6-4-5-14(20)11-16/h4-6,11,15,17H,3,7-10,12-13H2,1-2H3,(H,21,25)/t15-,17+/m1/s1. The Hall–Kier alpha value is -1.79. The molecule has 2 aliphatic heterocycles. The Bertz CT molecular complexity index is 661. The van der Waals surface area contributed by atoms with Crippen molar-refractivity contribution < 1.29 is 9.59 Å². The van der Waals surface area contributed by atoms with E-state index in [9.17, 15) is 9.59 Å². The molecule has 2 atom stereocenters. The predicted octanol–water partition coefficient (Wildman–Crippen LogP) is 1.59. The molecule has 2 saturated heterocycles. The number of benzene rings is 1. The molecule has 142 valence electrons. The van der Waals surface area contributed by atoms with E-state index >= 15 is 0 Å². The average molecular weight is 379 g/mol. The summed E-state index contributed by atoms with van der Waals surface area (Å²) in [6.07, 6.45) is 1.17. The number of anilines is 1. The Morgan fingerprint density at radius 2 is 1.96 bits per heavy atom. The van der Waals surface area contributed by atoms with Gasteiger partial charge in [-0.05, 0) is 31.7 Å². The number of halogens is 1. The monoisotopic (exact) mass is 378 g/mol. The molecule has 2 heterocycles. The zero-order valence-corrected chi connectivity index (χ0v) is 16.2. The van der Waals surface area contributed by atoms with Crippen LogP contribution in [-0.4, -0.2) is 73.5 Å². The maximum absolute atomic E-state index is 12.9. The van der Waals surface area contributed by atoms with Crippen molar-refractivity contribution >= 4 is 29.1 Å². The topological polar surface area (TPSA) is 55.9 Å². The molecule has 0 saturated carbocycles. The fourth-order valence-corrected chi connectivity index (χ4v) is 3.98. The van der Waals surface area contributed by atoms with E-state index in [1.54, 1.807) is 0 Å². The molecule has 0 radical (unpaired) electrons. The minimum Gasteiger partial charge on any atom is -0.368 e. The van der Waals surface area contributed by atoms with Crippen molar-refractivity contribution in [2.24, 2.45) is 0 Å². The van der Waals surface area contributed by atoms with Crippen LogP contribution in [0.5, 0.6) is 0 Å². The van der Waals surface area contributed by atoms with Crippen LogP contribution in [0.3, 0.4) is 0 Å². The van der Waals surface area contributed by atoms with Crippen LogP contribution < -0.4 is 10.2 Å². The van der Waals surface area contributed by atoms with Crippen molar-refractivity contribution in [3.63, 3.8) is 0 Å². The summed E-state index contributed by atoms with van der Waals surface area (Å²) in [6.45, 7) is 5.60. The van der Waals surface area contributed by atoms with Gasteiger partial charge in [0.2, 0.25) is 11.8 Å². The van der Waals surface area contributed by atoms with E-state index < -0.39 is 0 Å². The maximum atomic E-state index is 12.9. The minimum atomic E-state index is -0.144. The third-order valence-corrected chi connectivity index (χ3v) is 5.52. The van der Waals surface area contributed by atoms with Gasteiger partial charge < -0.3 is 15.1 Å². The number of likely N-dealkylation sites (N-methyl/N-ethyl adjacent to an activating group) is 1. The van der Waals surface area contributed by atoms with Gasteiger partial charge in [0.1, 0.15) is 0 Å². The predicted molar refractivity (Wildman–Crippen MR) is 104 cm³/mol. The second-order valence-corrected chi connectivity index (χ2v) is 7.54. The summed E-state index contributed by atoms with van der Waals surface area (Å²) in [7, 11) is 1.96. The Morgan fingerprint density at radius 1 is 1.23 bits per heavy atom. The smallest absolute Gasteiger partial charge is 0.240 e. The molecule has 3 rings (SSSR count). The molecule has 0 unspecified atom stereocenters. The van der Waals surface area contributed by atoms with Crippen LogP contribution in [0.25, 0.3) is 0 Å². The van der Waals surface area contributed by atoms with Gasteiger partial charge in [0.25, 0.3) is 0 Å². The first-order valence-corrected chi connectivity index (χ1v) is 9.64. The largest absolute Gasteiger partial charge is 0.368 e. The number of rotatable bonds is 4. The second-order valence-electron chi connectivity index (χ2n) is 7.10. The molecule has 7 heteroatoms. The number of nitrogens with one attached hydrogen (secondary N) is 1. The van der Waals surface area contributed by atoms with Crippen molar-refractivity contribution in [3.8, 4) is 0 Å². The Balaban J connectivity index is 1.54. The van der Waals surface area contributed by atoms with Crippen molar-refractivity contribution in [3.05, 3.63) is 29.3 Å². The summed E-state index contributed by atoms with van der Waals surface area (Å²) in [6, 6.07) is 7.76. The van der Waals surface area contributed by atoms with Crippen molar-refractivity contribution in [1.82, 2.24) is 15.1 Å². The zero-order chi connectivity index (χ0) is 18.7. The molecule has 1 aromatic carbocycles. The molecule has 0 bridgehead atoms. The molecule has 1 N–H and O–H groups in total. The summed E-state index contributed by atoms with van der Waals surface area (Å²) < 4.78 is 0. The third-order valence-electron chi connectivity index (χ3n) is 5.28. The molecule has 6 nitrogen and oxygen atoms in total. The summed E-state index contributed by atoms with van der Waals surface area (Å²) in [5.41, 5.74) is 1.10. The Labute approximate surface area is 160 Å². The average Bonchev–Trinajstić information content (AvgIpc) is 3.01. The van der Waals surface area contributed by atoms with E-state index in [-0.39, 0.29) is 23.9 Å². The fraction of sp³-hybridized carbons (Fsp3) is 0.579. The van der Waals surface area contributed by atoms with E-state index in [2.05, 4.69) is 21.2 Å². The Kier molecular flexibility index (Phi) is 6.04. The quantitative estimate of drug-likeness (QED) is 0.864. The van der Waals surface area contributed by atoms with E-state index in [4.69, 9.17) is 11.6 Å². The number of likely N-dealkylation sites (tertiary alicyclic amines) is 1. The fourth-order valence-electron chi connectivity index (χ4n) is 3.79. The van der Waals surface area contributed by atoms with Crippen molar-refractivity contribution in [1.29, 1.82) is 0 Å². The van der Waals surface area contributed by atoms with Crippen LogP contribution in [-0.2, 0) is 9.59 Å². The molecule has 2 fully saturated rings. The first kappa shape index (κ1) is 19.0. The normalized spacial score (nSPS) is 24.0. The summed E-state index contributed by atoms with van der Waals surface area (Å²) >= 11 is 6.08. The number of carbonyl (C=O) groups is 2. The molecule has 2 amide bonds. The highest BCUT2D eigenvalue weighted by Gasteiger charge is 2.37. The van der Waals surface area contributed by atoms with Crippen LogP contribution >= 0.6 is 11.6 Å². The van der Waals surface area contributed by atoms with Crippen molar-refractivity contribution in [2.45, 2.75) is 31.8 Å². The molecule has 0 aromatic heterocycles. The number of hydrogen-bond acceptors (Lipinski definition) is 4. The van der Waals surface area contributed by atoms with Gasteiger partial charge in [0.05, 0.1) is 6.04 Å². The van der Waals surface area contributed by atoms with E-state index in [1.807, 2.05) is 37.1 Å².